The van der Waals surface area contributed by atoms with Crippen molar-refractivity contribution in [1.29, 1.82) is 0 Å². The highest BCUT2D eigenvalue weighted by Gasteiger charge is 2.26. The number of sulfone groups is 1. The average Bonchev–Trinajstić information content (AvgIpc) is 2.91. The molecule has 0 radical (unpaired) electrons. The van der Waals surface area contributed by atoms with Crippen molar-refractivity contribution >= 4 is 26.6 Å². The fraction of sp³-hybridized carbons (Fsp3) is 0.235. The molecule has 0 amide bonds. The standard InChI is InChI=1S/C17H17F2N3O2S/c1-12-21-15-4-2-3-5-16(15)22(12)11-10-20-13-6-8-14(9-7-13)25(23,24)17(18)19/h2-9,17,20H,10-11H2,1H3. The number of hydrogen-bond acceptors (Lipinski definition) is 4. The molecule has 3 rings (SSSR count). The summed E-state index contributed by atoms with van der Waals surface area (Å²) in [6.07, 6.45) is 0. The van der Waals surface area contributed by atoms with Crippen LogP contribution < -0.4 is 5.32 Å². The van der Waals surface area contributed by atoms with Crippen LogP contribution in [0.5, 0.6) is 0 Å². The fourth-order valence-corrected chi connectivity index (χ4v) is 3.38. The first-order valence-electron chi connectivity index (χ1n) is 7.67. The molecule has 132 valence electrons. The number of anilines is 1. The van der Waals surface area contributed by atoms with Crippen molar-refractivity contribution in [3.05, 3.63) is 54.4 Å². The van der Waals surface area contributed by atoms with Gasteiger partial charge in [0.1, 0.15) is 5.82 Å². The van der Waals surface area contributed by atoms with Gasteiger partial charge >= 0.3 is 5.76 Å². The Kier molecular flexibility index (Phi) is 4.71. The van der Waals surface area contributed by atoms with Gasteiger partial charge in [-0.2, -0.15) is 8.78 Å². The molecule has 0 fully saturated rings. The van der Waals surface area contributed by atoms with Gasteiger partial charge in [-0.15, -0.1) is 0 Å². The number of fused-ring (bicyclic) bond motifs is 1. The van der Waals surface area contributed by atoms with Crippen LogP contribution in [0.4, 0.5) is 14.5 Å². The van der Waals surface area contributed by atoms with Gasteiger partial charge in [0, 0.05) is 18.8 Å². The number of nitrogens with one attached hydrogen (secondary N) is 1. The molecule has 0 spiro atoms. The molecule has 8 heteroatoms. The summed E-state index contributed by atoms with van der Waals surface area (Å²) >= 11 is 0. The third-order valence-electron chi connectivity index (χ3n) is 3.93. The Morgan fingerprint density at radius 3 is 2.48 bits per heavy atom. The lowest BCUT2D eigenvalue weighted by Gasteiger charge is -2.10. The fourth-order valence-electron chi connectivity index (χ4n) is 2.66. The quantitative estimate of drug-likeness (QED) is 0.727. The minimum absolute atomic E-state index is 0.385. The molecule has 0 bridgehead atoms. The first-order valence-corrected chi connectivity index (χ1v) is 9.22. The summed E-state index contributed by atoms with van der Waals surface area (Å²) in [4.78, 5) is 4.11. The molecular weight excluding hydrogens is 348 g/mol. The van der Waals surface area contributed by atoms with E-state index < -0.39 is 15.6 Å². The van der Waals surface area contributed by atoms with Gasteiger partial charge in [0.25, 0.3) is 0 Å². The largest absolute Gasteiger partial charge is 0.383 e. The van der Waals surface area contributed by atoms with Gasteiger partial charge in [-0.25, -0.2) is 13.4 Å². The number of aromatic nitrogens is 2. The van der Waals surface area contributed by atoms with E-state index in [0.29, 0.717) is 18.8 Å². The summed E-state index contributed by atoms with van der Waals surface area (Å²) in [7, 11) is -4.55. The molecule has 1 N–H and O–H groups in total. The van der Waals surface area contributed by atoms with E-state index in [2.05, 4.69) is 14.9 Å². The predicted octanol–water partition coefficient (Wildman–Crippen LogP) is 3.45. The molecule has 0 atom stereocenters. The molecule has 0 aliphatic carbocycles. The highest BCUT2D eigenvalue weighted by atomic mass is 32.2. The molecule has 0 unspecified atom stereocenters. The van der Waals surface area contributed by atoms with E-state index in [0.717, 1.165) is 16.9 Å². The topological polar surface area (TPSA) is 64.0 Å². The Morgan fingerprint density at radius 2 is 1.80 bits per heavy atom. The second kappa shape index (κ2) is 6.79. The van der Waals surface area contributed by atoms with E-state index >= 15 is 0 Å². The molecule has 3 aromatic rings. The number of para-hydroxylation sites is 2. The number of halogens is 2. The SMILES string of the molecule is Cc1nc2ccccc2n1CCNc1ccc(S(=O)(=O)C(F)F)cc1. The molecule has 0 aliphatic heterocycles. The van der Waals surface area contributed by atoms with Crippen LogP contribution in [0.2, 0.25) is 0 Å². The molecular formula is C17H17F2N3O2S. The Hall–Kier alpha value is -2.48. The van der Waals surface area contributed by atoms with Crippen molar-refractivity contribution < 1.29 is 17.2 Å². The van der Waals surface area contributed by atoms with Crippen LogP contribution in [0, 0.1) is 6.92 Å². The van der Waals surface area contributed by atoms with Crippen LogP contribution in [0.25, 0.3) is 11.0 Å². The van der Waals surface area contributed by atoms with Gasteiger partial charge in [0.15, 0.2) is 0 Å². The van der Waals surface area contributed by atoms with E-state index in [1.807, 2.05) is 31.2 Å². The normalized spacial score (nSPS) is 12.0. The van der Waals surface area contributed by atoms with E-state index in [-0.39, 0.29) is 4.90 Å². The second-order valence-electron chi connectivity index (χ2n) is 5.56. The Balaban J connectivity index is 1.67. The van der Waals surface area contributed by atoms with Gasteiger partial charge in [-0.3, -0.25) is 0 Å². The molecule has 5 nitrogen and oxygen atoms in total. The maximum atomic E-state index is 12.5. The lowest BCUT2D eigenvalue weighted by molar-refractivity contribution is 0.234. The van der Waals surface area contributed by atoms with Crippen molar-refractivity contribution in [1.82, 2.24) is 9.55 Å². The number of imidazole rings is 1. The van der Waals surface area contributed by atoms with Crippen LogP contribution >= 0.6 is 0 Å². The van der Waals surface area contributed by atoms with Crippen molar-refractivity contribution in [3.63, 3.8) is 0 Å². The van der Waals surface area contributed by atoms with Crippen LogP contribution in [0.15, 0.2) is 53.4 Å². The highest BCUT2D eigenvalue weighted by molar-refractivity contribution is 7.91. The smallest absolute Gasteiger partial charge is 0.341 e. The summed E-state index contributed by atoms with van der Waals surface area (Å²) in [5.41, 5.74) is 2.64. The van der Waals surface area contributed by atoms with Crippen LogP contribution in [-0.4, -0.2) is 30.3 Å². The maximum Gasteiger partial charge on any atom is 0.341 e. The minimum Gasteiger partial charge on any atom is -0.383 e. The monoisotopic (exact) mass is 365 g/mol. The average molecular weight is 365 g/mol. The summed E-state index contributed by atoms with van der Waals surface area (Å²) in [5, 5.41) is 3.15. The van der Waals surface area contributed by atoms with E-state index in [9.17, 15) is 17.2 Å². The second-order valence-corrected chi connectivity index (χ2v) is 7.47. The van der Waals surface area contributed by atoms with Crippen LogP contribution in [0.3, 0.4) is 0 Å². The lowest BCUT2D eigenvalue weighted by atomic mass is 10.3. The van der Waals surface area contributed by atoms with Crippen molar-refractivity contribution in [2.45, 2.75) is 24.1 Å². The van der Waals surface area contributed by atoms with Gasteiger partial charge in [-0.05, 0) is 43.3 Å². The van der Waals surface area contributed by atoms with E-state index in [4.69, 9.17) is 0 Å². The van der Waals surface area contributed by atoms with Crippen molar-refractivity contribution in [2.75, 3.05) is 11.9 Å². The zero-order valence-electron chi connectivity index (χ0n) is 13.5. The molecule has 0 saturated carbocycles. The zero-order valence-corrected chi connectivity index (χ0v) is 14.3. The molecule has 0 aliphatic rings. The van der Waals surface area contributed by atoms with E-state index in [1.165, 1.54) is 24.3 Å². The number of hydrogen-bond donors (Lipinski definition) is 1. The third kappa shape index (κ3) is 3.48. The zero-order chi connectivity index (χ0) is 18.0. The molecule has 1 aromatic heterocycles. The third-order valence-corrected chi connectivity index (χ3v) is 5.33. The van der Waals surface area contributed by atoms with Gasteiger partial charge in [0.05, 0.1) is 15.9 Å². The van der Waals surface area contributed by atoms with Crippen LogP contribution in [0.1, 0.15) is 5.82 Å². The lowest BCUT2D eigenvalue weighted by Crippen LogP contribution is -2.13. The molecule has 0 saturated heterocycles. The number of rotatable bonds is 6. The molecule has 25 heavy (non-hydrogen) atoms. The van der Waals surface area contributed by atoms with E-state index in [1.54, 1.807) is 0 Å². The van der Waals surface area contributed by atoms with Crippen molar-refractivity contribution in [3.8, 4) is 0 Å². The number of benzene rings is 2. The van der Waals surface area contributed by atoms with Crippen LogP contribution in [-0.2, 0) is 16.4 Å². The highest BCUT2D eigenvalue weighted by Crippen LogP contribution is 2.20. The number of aryl methyl sites for hydroxylation is 1. The van der Waals surface area contributed by atoms with Gasteiger partial charge in [-0.1, -0.05) is 12.1 Å². The summed E-state index contributed by atoms with van der Waals surface area (Å²) < 4.78 is 49.9. The van der Waals surface area contributed by atoms with Gasteiger partial charge in [0.2, 0.25) is 9.84 Å². The maximum absolute atomic E-state index is 12.5. The molecule has 1 heterocycles. The summed E-state index contributed by atoms with van der Waals surface area (Å²) in [6.45, 7) is 3.19. The predicted molar refractivity (Wildman–Crippen MR) is 92.6 cm³/mol. The number of nitrogens with zero attached hydrogens (tertiary/aromatic N) is 2. The first kappa shape index (κ1) is 17.3. The first-order chi connectivity index (χ1) is 11.9. The molecule has 2 aromatic carbocycles. The Bertz CT molecular complexity index is 983. The Morgan fingerprint density at radius 1 is 1.12 bits per heavy atom. The number of alkyl halides is 2. The summed E-state index contributed by atoms with van der Waals surface area (Å²) in [5.74, 6) is -2.51. The summed E-state index contributed by atoms with van der Waals surface area (Å²) in [6, 6.07) is 13.2. The minimum atomic E-state index is -4.55. The Labute approximate surface area is 144 Å². The van der Waals surface area contributed by atoms with Crippen molar-refractivity contribution in [2.24, 2.45) is 0 Å². The van der Waals surface area contributed by atoms with Gasteiger partial charge < -0.3 is 9.88 Å².